The molecule has 0 aliphatic carbocycles. The van der Waals surface area contributed by atoms with Crippen molar-refractivity contribution in [2.45, 2.75) is 24.6 Å². The molecule has 0 radical (unpaired) electrons. The highest BCUT2D eigenvalue weighted by atomic mass is 16.6. The molecule has 2 aromatic rings. The molecule has 2 aliphatic rings. The molecule has 2 aromatic carbocycles. The molecular weight excluding hydrogens is 406 g/mol. The van der Waals surface area contributed by atoms with Crippen LogP contribution in [0.15, 0.2) is 36.4 Å². The Morgan fingerprint density at radius 2 is 1.74 bits per heavy atom. The van der Waals surface area contributed by atoms with E-state index >= 15 is 0 Å². The normalized spacial score (nSPS) is 24.8. The van der Waals surface area contributed by atoms with E-state index < -0.39 is 11.2 Å². The molecule has 0 saturated carbocycles. The van der Waals surface area contributed by atoms with E-state index in [1.54, 1.807) is 6.07 Å². The number of fused-ring (bicyclic) bond motifs is 1. The molecule has 0 aromatic heterocycles. The first-order valence-corrected chi connectivity index (χ1v) is 9.71. The smallest absolute Gasteiger partial charge is 0.308 e. The SMILES string of the molecule is COc1cc(C2CC(=O)OC3NNC(c4cccc([N+](=O)[O-])c4)C32)cc(OC)c1OC. The number of hydrogen-bond donors (Lipinski definition) is 2. The summed E-state index contributed by atoms with van der Waals surface area (Å²) in [6.45, 7) is 0. The monoisotopic (exact) mass is 429 g/mol. The van der Waals surface area contributed by atoms with E-state index in [4.69, 9.17) is 18.9 Å². The van der Waals surface area contributed by atoms with Crippen LogP contribution < -0.4 is 25.1 Å². The van der Waals surface area contributed by atoms with Crippen LogP contribution in [0.4, 0.5) is 5.69 Å². The second-order valence-electron chi connectivity index (χ2n) is 7.38. The first kappa shape index (κ1) is 20.9. The fraction of sp³-hybridized carbons (Fsp3) is 0.381. The summed E-state index contributed by atoms with van der Waals surface area (Å²) in [6, 6.07) is 9.77. The van der Waals surface area contributed by atoms with E-state index in [9.17, 15) is 14.9 Å². The Labute approximate surface area is 178 Å². The number of carbonyl (C=O) groups is 1. The summed E-state index contributed by atoms with van der Waals surface area (Å²) in [5.41, 5.74) is 7.71. The summed E-state index contributed by atoms with van der Waals surface area (Å²) >= 11 is 0. The molecule has 2 fully saturated rings. The summed E-state index contributed by atoms with van der Waals surface area (Å²) in [5.74, 6) is 0.612. The zero-order chi connectivity index (χ0) is 22.1. The van der Waals surface area contributed by atoms with Crippen LogP contribution >= 0.6 is 0 Å². The second kappa shape index (κ2) is 8.40. The quantitative estimate of drug-likeness (QED) is 0.405. The number of non-ortho nitro benzene ring substituents is 1. The van der Waals surface area contributed by atoms with E-state index in [0.29, 0.717) is 17.2 Å². The minimum atomic E-state index is -0.588. The van der Waals surface area contributed by atoms with Crippen molar-refractivity contribution in [3.63, 3.8) is 0 Å². The average molecular weight is 429 g/mol. The number of ether oxygens (including phenoxy) is 4. The van der Waals surface area contributed by atoms with Crippen LogP contribution in [0.25, 0.3) is 0 Å². The van der Waals surface area contributed by atoms with Gasteiger partial charge in [-0.2, -0.15) is 0 Å². The fourth-order valence-electron chi connectivity index (χ4n) is 4.39. The van der Waals surface area contributed by atoms with Gasteiger partial charge in [-0.1, -0.05) is 12.1 Å². The van der Waals surface area contributed by atoms with Gasteiger partial charge in [0.25, 0.3) is 5.69 Å². The van der Waals surface area contributed by atoms with Crippen LogP contribution in [-0.2, 0) is 9.53 Å². The van der Waals surface area contributed by atoms with E-state index in [0.717, 1.165) is 11.1 Å². The molecule has 10 heteroatoms. The van der Waals surface area contributed by atoms with Crippen molar-refractivity contribution in [1.29, 1.82) is 0 Å². The highest BCUT2D eigenvalue weighted by Gasteiger charge is 2.49. The summed E-state index contributed by atoms with van der Waals surface area (Å²) in [6.07, 6.45) is -0.441. The van der Waals surface area contributed by atoms with Crippen LogP contribution in [0.3, 0.4) is 0 Å². The van der Waals surface area contributed by atoms with Gasteiger partial charge < -0.3 is 18.9 Å². The number of nitrogens with zero attached hydrogens (tertiary/aromatic N) is 1. The van der Waals surface area contributed by atoms with Crippen molar-refractivity contribution in [2.24, 2.45) is 5.92 Å². The first-order chi connectivity index (χ1) is 15.0. The van der Waals surface area contributed by atoms with Gasteiger partial charge >= 0.3 is 5.97 Å². The van der Waals surface area contributed by atoms with Gasteiger partial charge in [0, 0.05) is 24.0 Å². The van der Waals surface area contributed by atoms with Crippen molar-refractivity contribution in [2.75, 3.05) is 21.3 Å². The molecule has 4 atom stereocenters. The predicted molar refractivity (Wildman–Crippen MR) is 109 cm³/mol. The Hall–Kier alpha value is -3.37. The lowest BCUT2D eigenvalue weighted by molar-refractivity contribution is -0.384. The molecule has 10 nitrogen and oxygen atoms in total. The van der Waals surface area contributed by atoms with Gasteiger partial charge in [-0.05, 0) is 23.3 Å². The summed E-state index contributed by atoms with van der Waals surface area (Å²) in [5, 5.41) is 11.2. The molecule has 0 amide bonds. The van der Waals surface area contributed by atoms with E-state index in [2.05, 4.69) is 10.9 Å². The minimum Gasteiger partial charge on any atom is -0.493 e. The Bertz CT molecular complexity index is 987. The molecule has 164 valence electrons. The largest absolute Gasteiger partial charge is 0.493 e. The van der Waals surface area contributed by atoms with Gasteiger partial charge in [0.05, 0.1) is 38.7 Å². The molecule has 2 aliphatic heterocycles. The highest BCUT2D eigenvalue weighted by molar-refractivity contribution is 5.72. The topological polar surface area (TPSA) is 121 Å². The van der Waals surface area contributed by atoms with Gasteiger partial charge in [-0.15, -0.1) is 0 Å². The third-order valence-corrected chi connectivity index (χ3v) is 5.78. The maximum Gasteiger partial charge on any atom is 0.308 e. The van der Waals surface area contributed by atoms with Crippen LogP contribution in [-0.4, -0.2) is 38.4 Å². The number of benzene rings is 2. The lowest BCUT2D eigenvalue weighted by Crippen LogP contribution is -2.42. The molecule has 31 heavy (non-hydrogen) atoms. The maximum absolute atomic E-state index is 12.3. The standard InChI is InChI=1S/C21H23N3O7/c1-28-15-8-12(9-16(29-2)20(15)30-3)14-10-17(25)31-21-18(14)19(22-23-21)11-5-4-6-13(7-11)24(26)27/h4-9,14,18-19,21-23H,10H2,1-3H3. The number of hydrazine groups is 1. The van der Waals surface area contributed by atoms with Gasteiger partial charge in [0.15, 0.2) is 17.7 Å². The highest BCUT2D eigenvalue weighted by Crippen LogP contribution is 2.48. The van der Waals surface area contributed by atoms with Crippen molar-refractivity contribution >= 4 is 11.7 Å². The van der Waals surface area contributed by atoms with Crippen molar-refractivity contribution < 1.29 is 28.7 Å². The van der Waals surface area contributed by atoms with Gasteiger partial charge in [-0.3, -0.25) is 14.9 Å². The summed E-state index contributed by atoms with van der Waals surface area (Å²) in [4.78, 5) is 23.2. The van der Waals surface area contributed by atoms with Crippen LogP contribution in [0.2, 0.25) is 0 Å². The second-order valence-corrected chi connectivity index (χ2v) is 7.38. The maximum atomic E-state index is 12.3. The summed E-state index contributed by atoms with van der Waals surface area (Å²) < 4.78 is 21.9. The van der Waals surface area contributed by atoms with Gasteiger partial charge in [0.2, 0.25) is 5.75 Å². The third kappa shape index (κ3) is 3.75. The van der Waals surface area contributed by atoms with Gasteiger partial charge in [-0.25, -0.2) is 10.9 Å². The molecule has 0 spiro atoms. The van der Waals surface area contributed by atoms with Gasteiger partial charge in [0.1, 0.15) is 0 Å². The lowest BCUT2D eigenvalue weighted by Gasteiger charge is -2.35. The van der Waals surface area contributed by atoms with E-state index in [1.165, 1.54) is 33.5 Å². The fourth-order valence-corrected chi connectivity index (χ4v) is 4.39. The Kier molecular flexibility index (Phi) is 5.66. The van der Waals surface area contributed by atoms with Crippen molar-refractivity contribution in [3.05, 3.63) is 57.6 Å². The average Bonchev–Trinajstić information content (AvgIpc) is 3.21. The Morgan fingerprint density at radius 3 is 2.35 bits per heavy atom. The number of nitrogens with one attached hydrogen (secondary N) is 2. The molecular formula is C21H23N3O7. The minimum absolute atomic E-state index is 0.000102. The number of nitro benzene ring substituents is 1. The number of esters is 1. The van der Waals surface area contributed by atoms with E-state index in [1.807, 2.05) is 18.2 Å². The predicted octanol–water partition coefficient (Wildman–Crippen LogP) is 2.44. The molecule has 4 rings (SSSR count). The molecule has 4 unspecified atom stereocenters. The molecule has 2 N–H and O–H groups in total. The number of nitro groups is 1. The first-order valence-electron chi connectivity index (χ1n) is 9.71. The van der Waals surface area contributed by atoms with Crippen molar-refractivity contribution in [3.8, 4) is 17.2 Å². The molecule has 2 saturated heterocycles. The number of rotatable bonds is 6. The number of methoxy groups -OCH3 is 3. The Balaban J connectivity index is 1.77. The van der Waals surface area contributed by atoms with E-state index in [-0.39, 0.29) is 36.0 Å². The molecule has 0 bridgehead atoms. The third-order valence-electron chi connectivity index (χ3n) is 5.78. The molecule has 2 heterocycles. The van der Waals surface area contributed by atoms with Crippen molar-refractivity contribution in [1.82, 2.24) is 10.9 Å². The number of hydrogen-bond acceptors (Lipinski definition) is 9. The van der Waals surface area contributed by atoms with Crippen LogP contribution in [0.1, 0.15) is 29.5 Å². The zero-order valence-electron chi connectivity index (χ0n) is 17.3. The van der Waals surface area contributed by atoms with Crippen LogP contribution in [0.5, 0.6) is 17.2 Å². The Morgan fingerprint density at radius 1 is 1.03 bits per heavy atom. The number of carbonyl (C=O) groups excluding carboxylic acids is 1. The van der Waals surface area contributed by atoms with Crippen LogP contribution in [0, 0.1) is 16.0 Å². The zero-order valence-corrected chi connectivity index (χ0v) is 17.3. The lowest BCUT2D eigenvalue weighted by atomic mass is 9.75. The summed E-state index contributed by atoms with van der Waals surface area (Å²) in [7, 11) is 4.59.